The van der Waals surface area contributed by atoms with E-state index in [1.165, 1.54) is 0 Å². The first kappa shape index (κ1) is 12.2. The van der Waals surface area contributed by atoms with Gasteiger partial charge in [-0.25, -0.2) is 8.42 Å². The fraction of sp³-hybridized carbons (Fsp3) is 1.00. The second kappa shape index (κ2) is 4.35. The Hall–Kier alpha value is 0.160. The second-order valence-electron chi connectivity index (χ2n) is 3.59. The molecule has 0 aliphatic carbocycles. The van der Waals surface area contributed by atoms with E-state index in [9.17, 15) is 8.42 Å². The molecule has 1 rings (SSSR count). The minimum Gasteiger partial charge on any atom is -0.356 e. The molecule has 1 heterocycles. The van der Waals surface area contributed by atoms with Gasteiger partial charge in [0.2, 0.25) is 0 Å². The predicted molar refractivity (Wildman–Crippen MR) is 54.3 cm³/mol. The van der Waals surface area contributed by atoms with Crippen molar-refractivity contribution < 1.29 is 17.9 Å². The molecule has 2 atom stereocenters. The van der Waals surface area contributed by atoms with Gasteiger partial charge in [0.25, 0.3) is 0 Å². The third-order valence-electron chi connectivity index (χ3n) is 2.25. The molecule has 4 nitrogen and oxygen atoms in total. The molecule has 2 unspecified atom stereocenters. The van der Waals surface area contributed by atoms with Crippen LogP contribution in [-0.2, 0) is 19.3 Å². The number of halogens is 1. The second-order valence-corrected chi connectivity index (χ2v) is 6.23. The molecule has 1 aliphatic heterocycles. The molecule has 0 aromatic heterocycles. The lowest BCUT2D eigenvalue weighted by Crippen LogP contribution is -2.38. The molecule has 0 aromatic carbocycles. The highest BCUT2D eigenvalue weighted by Crippen LogP contribution is 2.31. The highest BCUT2D eigenvalue weighted by atomic mass is 35.5. The van der Waals surface area contributed by atoms with Gasteiger partial charge in [-0.1, -0.05) is 0 Å². The van der Waals surface area contributed by atoms with Crippen molar-refractivity contribution in [1.29, 1.82) is 0 Å². The average molecular weight is 243 g/mol. The molecule has 6 heteroatoms. The lowest BCUT2D eigenvalue weighted by atomic mass is 10.1. The molecular formula is C8H15ClO4S. The molecule has 0 saturated carbocycles. The highest BCUT2D eigenvalue weighted by Gasteiger charge is 2.47. The van der Waals surface area contributed by atoms with Gasteiger partial charge in [-0.3, -0.25) is 0 Å². The van der Waals surface area contributed by atoms with Gasteiger partial charge in [0, 0.05) is 6.61 Å². The topological polar surface area (TPSA) is 52.6 Å². The Labute approximate surface area is 89.4 Å². The number of sulfone groups is 1. The van der Waals surface area contributed by atoms with Crippen molar-refractivity contribution in [2.75, 3.05) is 24.9 Å². The number of alkyl halides is 1. The molecule has 1 saturated heterocycles. The van der Waals surface area contributed by atoms with Crippen molar-refractivity contribution in [3.63, 3.8) is 0 Å². The fourth-order valence-corrected chi connectivity index (χ4v) is 4.26. The molecule has 0 radical (unpaired) electrons. The SMILES string of the molecule is CCOCOC1(C)CS(=O)(=O)CC1Cl. The fourth-order valence-electron chi connectivity index (χ4n) is 1.38. The summed E-state index contributed by atoms with van der Waals surface area (Å²) in [5.41, 5.74) is -0.810. The molecule has 0 spiro atoms. The van der Waals surface area contributed by atoms with Gasteiger partial charge >= 0.3 is 0 Å². The van der Waals surface area contributed by atoms with Gasteiger partial charge in [-0.05, 0) is 13.8 Å². The smallest absolute Gasteiger partial charge is 0.154 e. The van der Waals surface area contributed by atoms with E-state index in [-0.39, 0.29) is 18.3 Å². The summed E-state index contributed by atoms with van der Waals surface area (Å²) >= 11 is 5.92. The normalized spacial score (nSPS) is 36.1. The molecule has 0 N–H and O–H groups in total. The molecule has 14 heavy (non-hydrogen) atoms. The standard InChI is InChI=1S/C8H15ClO4S/c1-3-12-6-13-8(2)5-14(10,11)4-7(8)9/h7H,3-6H2,1-2H3. The zero-order chi connectivity index (χ0) is 10.8. The zero-order valence-electron chi connectivity index (χ0n) is 8.32. The van der Waals surface area contributed by atoms with Crippen LogP contribution in [-0.4, -0.2) is 44.3 Å². The summed E-state index contributed by atoms with van der Waals surface area (Å²) < 4.78 is 32.9. The minimum atomic E-state index is -3.05. The van der Waals surface area contributed by atoms with E-state index >= 15 is 0 Å². The van der Waals surface area contributed by atoms with Crippen LogP contribution >= 0.6 is 11.6 Å². The number of rotatable bonds is 4. The van der Waals surface area contributed by atoms with E-state index in [2.05, 4.69) is 0 Å². The molecule has 0 bridgehead atoms. The Kier molecular flexibility index (Phi) is 3.80. The maximum Gasteiger partial charge on any atom is 0.154 e. The first-order valence-electron chi connectivity index (χ1n) is 4.46. The number of ether oxygens (including phenoxy) is 2. The summed E-state index contributed by atoms with van der Waals surface area (Å²) in [4.78, 5) is 0. The van der Waals surface area contributed by atoms with Crippen molar-refractivity contribution in [3.05, 3.63) is 0 Å². The lowest BCUT2D eigenvalue weighted by Gasteiger charge is -2.25. The molecule has 0 aromatic rings. The maximum absolute atomic E-state index is 11.3. The minimum absolute atomic E-state index is 0.0167. The Morgan fingerprint density at radius 3 is 2.64 bits per heavy atom. The van der Waals surface area contributed by atoms with Crippen molar-refractivity contribution in [3.8, 4) is 0 Å². The summed E-state index contributed by atoms with van der Waals surface area (Å²) in [6.07, 6.45) is 0. The summed E-state index contributed by atoms with van der Waals surface area (Å²) in [5, 5.41) is -0.493. The molecule has 84 valence electrons. The molecule has 1 aliphatic rings. The third kappa shape index (κ3) is 2.82. The quantitative estimate of drug-likeness (QED) is 0.416. The van der Waals surface area contributed by atoms with E-state index in [1.54, 1.807) is 6.92 Å². The maximum atomic E-state index is 11.3. The van der Waals surface area contributed by atoms with Crippen LogP contribution in [0.1, 0.15) is 13.8 Å². The van der Waals surface area contributed by atoms with Crippen molar-refractivity contribution >= 4 is 21.4 Å². The van der Waals surface area contributed by atoms with Gasteiger partial charge in [-0.2, -0.15) is 0 Å². The first-order valence-corrected chi connectivity index (χ1v) is 6.71. The Bertz CT molecular complexity index is 290. The summed E-state index contributed by atoms with van der Waals surface area (Å²) in [5.74, 6) is -0.0432. The summed E-state index contributed by atoms with van der Waals surface area (Å²) in [6.45, 7) is 4.17. The predicted octanol–water partition coefficient (Wildman–Crippen LogP) is 0.791. The van der Waals surface area contributed by atoms with Crippen LogP contribution in [0.15, 0.2) is 0 Å². The van der Waals surface area contributed by atoms with Crippen molar-refractivity contribution in [1.82, 2.24) is 0 Å². The Balaban J connectivity index is 2.57. The lowest BCUT2D eigenvalue weighted by molar-refractivity contribution is -0.120. The van der Waals surface area contributed by atoms with E-state index in [0.717, 1.165) is 0 Å². The van der Waals surface area contributed by atoms with Crippen LogP contribution in [0.2, 0.25) is 0 Å². The molecule has 0 amide bonds. The molecular weight excluding hydrogens is 228 g/mol. The monoisotopic (exact) mass is 242 g/mol. The van der Waals surface area contributed by atoms with Crippen LogP contribution in [0.25, 0.3) is 0 Å². The van der Waals surface area contributed by atoms with Crippen molar-refractivity contribution in [2.45, 2.75) is 24.8 Å². The van der Waals surface area contributed by atoms with E-state index in [0.29, 0.717) is 6.61 Å². The van der Waals surface area contributed by atoms with E-state index < -0.39 is 20.8 Å². The van der Waals surface area contributed by atoms with Crippen LogP contribution in [0.3, 0.4) is 0 Å². The zero-order valence-corrected chi connectivity index (χ0v) is 9.90. The van der Waals surface area contributed by atoms with Crippen LogP contribution in [0.4, 0.5) is 0 Å². The van der Waals surface area contributed by atoms with Gasteiger partial charge in [-0.15, -0.1) is 11.6 Å². The van der Waals surface area contributed by atoms with Gasteiger partial charge in [0.15, 0.2) is 9.84 Å². The number of hydrogen-bond acceptors (Lipinski definition) is 4. The number of hydrogen-bond donors (Lipinski definition) is 0. The highest BCUT2D eigenvalue weighted by molar-refractivity contribution is 7.91. The van der Waals surface area contributed by atoms with Crippen molar-refractivity contribution in [2.24, 2.45) is 0 Å². The van der Waals surface area contributed by atoms with E-state index in [1.807, 2.05) is 6.92 Å². The van der Waals surface area contributed by atoms with Crippen LogP contribution in [0, 0.1) is 0 Å². The van der Waals surface area contributed by atoms with E-state index in [4.69, 9.17) is 21.1 Å². The summed E-state index contributed by atoms with van der Waals surface area (Å²) in [7, 11) is -3.05. The van der Waals surface area contributed by atoms with Crippen LogP contribution < -0.4 is 0 Å². The summed E-state index contributed by atoms with van der Waals surface area (Å²) in [6, 6.07) is 0. The van der Waals surface area contributed by atoms with Crippen LogP contribution in [0.5, 0.6) is 0 Å². The largest absolute Gasteiger partial charge is 0.356 e. The van der Waals surface area contributed by atoms with Gasteiger partial charge in [0.05, 0.1) is 22.5 Å². The van der Waals surface area contributed by atoms with Gasteiger partial charge in [0.1, 0.15) is 6.79 Å². The molecule has 1 fully saturated rings. The first-order chi connectivity index (χ1) is 6.40. The average Bonchev–Trinajstić information content (AvgIpc) is 2.21. The Morgan fingerprint density at radius 2 is 2.21 bits per heavy atom. The third-order valence-corrected chi connectivity index (χ3v) is 4.90. The van der Waals surface area contributed by atoms with Gasteiger partial charge < -0.3 is 9.47 Å². The Morgan fingerprint density at radius 1 is 1.57 bits per heavy atom.